The van der Waals surface area contributed by atoms with Crippen molar-refractivity contribution in [1.82, 2.24) is 0 Å². The van der Waals surface area contributed by atoms with Crippen LogP contribution in [0.2, 0.25) is 5.02 Å². The Morgan fingerprint density at radius 1 is 1.11 bits per heavy atom. The number of carboxylic acids is 1. The van der Waals surface area contributed by atoms with Crippen LogP contribution in [0, 0.1) is 11.6 Å². The fourth-order valence-electron chi connectivity index (χ4n) is 1.77. The van der Waals surface area contributed by atoms with Crippen LogP contribution in [0.4, 0.5) is 8.78 Å². The summed E-state index contributed by atoms with van der Waals surface area (Å²) in [4.78, 5) is 10.5. The van der Waals surface area contributed by atoms with Gasteiger partial charge >= 0.3 is 5.97 Å². The minimum Gasteiger partial charge on any atom is -0.481 e. The Labute approximate surface area is 113 Å². The molecule has 0 saturated heterocycles. The second kappa shape index (κ2) is 5.36. The molecule has 0 radical (unpaired) electrons. The van der Waals surface area contributed by atoms with Crippen molar-refractivity contribution in [3.8, 4) is 11.1 Å². The number of hydrogen-bond donors (Lipinski definition) is 1. The summed E-state index contributed by atoms with van der Waals surface area (Å²) in [6.45, 7) is 0. The van der Waals surface area contributed by atoms with Gasteiger partial charge in [-0.3, -0.25) is 4.79 Å². The van der Waals surface area contributed by atoms with Crippen LogP contribution in [0.1, 0.15) is 5.56 Å². The van der Waals surface area contributed by atoms with Crippen molar-refractivity contribution < 1.29 is 18.7 Å². The lowest BCUT2D eigenvalue weighted by molar-refractivity contribution is -0.136. The lowest BCUT2D eigenvalue weighted by atomic mass is 10.0. The van der Waals surface area contributed by atoms with Crippen LogP contribution in [0.15, 0.2) is 36.4 Å². The summed E-state index contributed by atoms with van der Waals surface area (Å²) in [5.74, 6) is -2.69. The zero-order valence-electron chi connectivity index (χ0n) is 9.66. The predicted octanol–water partition coefficient (Wildman–Crippen LogP) is 3.91. The zero-order chi connectivity index (χ0) is 14.0. The van der Waals surface area contributed by atoms with Crippen molar-refractivity contribution >= 4 is 17.6 Å². The summed E-state index contributed by atoms with van der Waals surface area (Å²) in [7, 11) is 0. The molecule has 0 fully saturated rings. The molecule has 0 spiro atoms. The lowest BCUT2D eigenvalue weighted by Crippen LogP contribution is -2.04. The van der Waals surface area contributed by atoms with Gasteiger partial charge in [0.15, 0.2) is 0 Å². The van der Waals surface area contributed by atoms with Gasteiger partial charge in [0.1, 0.15) is 11.6 Å². The molecule has 0 amide bonds. The van der Waals surface area contributed by atoms with Crippen LogP contribution in [0.5, 0.6) is 0 Å². The van der Waals surface area contributed by atoms with E-state index < -0.39 is 24.0 Å². The molecule has 2 aromatic carbocycles. The van der Waals surface area contributed by atoms with Crippen molar-refractivity contribution in [2.75, 3.05) is 0 Å². The second-order valence-corrected chi connectivity index (χ2v) is 4.38. The Kier molecular flexibility index (Phi) is 3.81. The summed E-state index contributed by atoms with van der Waals surface area (Å²) in [5, 5.41) is 8.90. The van der Waals surface area contributed by atoms with Gasteiger partial charge in [0.05, 0.1) is 6.42 Å². The maximum Gasteiger partial charge on any atom is 0.307 e. The number of carboxylic acid groups (broad SMARTS) is 1. The highest BCUT2D eigenvalue weighted by molar-refractivity contribution is 6.33. The van der Waals surface area contributed by atoms with Crippen LogP contribution < -0.4 is 0 Å². The van der Waals surface area contributed by atoms with Crippen LogP contribution in [0.3, 0.4) is 0 Å². The summed E-state index contributed by atoms with van der Waals surface area (Å²) in [6, 6.07) is 8.33. The fourth-order valence-corrected chi connectivity index (χ4v) is 2.01. The van der Waals surface area contributed by atoms with Gasteiger partial charge in [-0.1, -0.05) is 29.8 Å². The molecule has 0 aliphatic rings. The Balaban J connectivity index is 2.52. The third kappa shape index (κ3) is 2.90. The molecule has 2 aromatic rings. The highest BCUT2D eigenvalue weighted by atomic mass is 35.5. The molecule has 2 nitrogen and oxygen atoms in total. The van der Waals surface area contributed by atoms with Gasteiger partial charge in [0.25, 0.3) is 0 Å². The first-order valence-corrected chi connectivity index (χ1v) is 5.81. The summed E-state index contributed by atoms with van der Waals surface area (Å²) >= 11 is 5.92. The van der Waals surface area contributed by atoms with Crippen molar-refractivity contribution in [3.63, 3.8) is 0 Å². The quantitative estimate of drug-likeness (QED) is 0.926. The third-order valence-electron chi connectivity index (χ3n) is 2.64. The molecule has 0 saturated carbocycles. The largest absolute Gasteiger partial charge is 0.481 e. The van der Waals surface area contributed by atoms with E-state index in [-0.39, 0.29) is 11.1 Å². The maximum absolute atomic E-state index is 13.9. The minimum atomic E-state index is -1.22. The van der Waals surface area contributed by atoms with Gasteiger partial charge in [-0.25, -0.2) is 8.78 Å². The lowest BCUT2D eigenvalue weighted by Gasteiger charge is -2.08. The fraction of sp³-hybridized carbons (Fsp3) is 0.0714. The molecular weight excluding hydrogens is 274 g/mol. The number of hydrogen-bond acceptors (Lipinski definition) is 1. The minimum absolute atomic E-state index is 0.0113. The smallest absolute Gasteiger partial charge is 0.307 e. The summed E-state index contributed by atoms with van der Waals surface area (Å²) in [5.41, 5.74) is 0.181. The van der Waals surface area contributed by atoms with Crippen molar-refractivity contribution in [2.45, 2.75) is 6.42 Å². The molecule has 0 aromatic heterocycles. The molecule has 0 aliphatic heterocycles. The van der Waals surface area contributed by atoms with Crippen molar-refractivity contribution in [2.24, 2.45) is 0 Å². The third-order valence-corrected chi connectivity index (χ3v) is 2.97. The Morgan fingerprint density at radius 2 is 1.79 bits per heavy atom. The standard InChI is InChI=1S/C14H9ClF2O2/c15-11-4-2-1-3-9(11)10-7-12(16)8(5-13(10)17)6-14(18)19/h1-5,7H,6H2,(H,18,19). The van der Waals surface area contributed by atoms with E-state index in [1.54, 1.807) is 24.3 Å². The molecule has 19 heavy (non-hydrogen) atoms. The van der Waals surface area contributed by atoms with E-state index in [2.05, 4.69) is 0 Å². The molecule has 0 unspecified atom stereocenters. The molecule has 98 valence electrons. The summed E-state index contributed by atoms with van der Waals surface area (Å²) in [6.07, 6.45) is -0.564. The SMILES string of the molecule is O=C(O)Cc1cc(F)c(-c2ccccc2Cl)cc1F. The molecule has 2 rings (SSSR count). The van der Waals surface area contributed by atoms with Crippen molar-refractivity contribution in [1.29, 1.82) is 0 Å². The topological polar surface area (TPSA) is 37.3 Å². The number of rotatable bonds is 3. The van der Waals surface area contributed by atoms with Gasteiger partial charge in [-0.2, -0.15) is 0 Å². The average molecular weight is 283 g/mol. The first-order valence-electron chi connectivity index (χ1n) is 5.43. The Hall–Kier alpha value is -1.94. The number of benzene rings is 2. The highest BCUT2D eigenvalue weighted by Crippen LogP contribution is 2.31. The molecule has 5 heteroatoms. The number of carbonyl (C=O) groups is 1. The molecule has 0 bridgehead atoms. The van der Waals surface area contributed by atoms with Gasteiger partial charge in [-0.15, -0.1) is 0 Å². The van der Waals surface area contributed by atoms with Gasteiger partial charge in [-0.05, 0) is 18.2 Å². The predicted molar refractivity (Wildman–Crippen MR) is 68.1 cm³/mol. The molecule has 1 N–H and O–H groups in total. The van der Waals surface area contributed by atoms with E-state index in [1.807, 2.05) is 0 Å². The molecule has 0 atom stereocenters. The van der Waals surface area contributed by atoms with E-state index in [0.717, 1.165) is 12.1 Å². The molecular formula is C14H9ClF2O2. The normalized spacial score (nSPS) is 10.5. The average Bonchev–Trinajstić information content (AvgIpc) is 2.34. The van der Waals surface area contributed by atoms with E-state index in [1.165, 1.54) is 0 Å². The monoisotopic (exact) mass is 282 g/mol. The van der Waals surface area contributed by atoms with Crippen LogP contribution in [-0.4, -0.2) is 11.1 Å². The number of aliphatic carboxylic acids is 1. The van der Waals surface area contributed by atoms with Crippen LogP contribution in [-0.2, 0) is 11.2 Å². The molecule has 0 heterocycles. The van der Waals surface area contributed by atoms with Crippen molar-refractivity contribution in [3.05, 3.63) is 58.6 Å². The van der Waals surface area contributed by atoms with E-state index in [4.69, 9.17) is 16.7 Å². The first-order chi connectivity index (χ1) is 8.99. The Bertz CT molecular complexity index is 641. The zero-order valence-corrected chi connectivity index (χ0v) is 10.4. The van der Waals surface area contributed by atoms with Gasteiger partial charge in [0, 0.05) is 21.7 Å². The number of halogens is 3. The van der Waals surface area contributed by atoms with E-state index in [0.29, 0.717) is 10.6 Å². The summed E-state index contributed by atoms with van der Waals surface area (Å²) < 4.78 is 27.7. The van der Waals surface area contributed by atoms with E-state index in [9.17, 15) is 13.6 Å². The van der Waals surface area contributed by atoms with Gasteiger partial charge < -0.3 is 5.11 Å². The Morgan fingerprint density at radius 3 is 2.42 bits per heavy atom. The van der Waals surface area contributed by atoms with Gasteiger partial charge in [0.2, 0.25) is 0 Å². The van der Waals surface area contributed by atoms with E-state index >= 15 is 0 Å². The maximum atomic E-state index is 13.9. The second-order valence-electron chi connectivity index (χ2n) is 3.97. The van der Waals surface area contributed by atoms with Crippen LogP contribution in [0.25, 0.3) is 11.1 Å². The molecule has 0 aliphatic carbocycles. The highest BCUT2D eigenvalue weighted by Gasteiger charge is 2.15. The van der Waals surface area contributed by atoms with Crippen LogP contribution >= 0.6 is 11.6 Å². The first kappa shape index (κ1) is 13.5.